The Hall–Kier alpha value is -1.44. The monoisotopic (exact) mass is 468 g/mol. The van der Waals surface area contributed by atoms with Crippen molar-refractivity contribution in [1.82, 2.24) is 0 Å². The van der Waals surface area contributed by atoms with Crippen LogP contribution in [-0.4, -0.2) is 6.17 Å². The van der Waals surface area contributed by atoms with Crippen molar-refractivity contribution < 1.29 is 8.78 Å². The van der Waals surface area contributed by atoms with Gasteiger partial charge in [-0.05, 0) is 61.5 Å². The molecule has 0 aliphatic heterocycles. The fourth-order valence-corrected chi connectivity index (χ4v) is 7.48. The van der Waals surface area contributed by atoms with Crippen molar-refractivity contribution in [2.45, 2.75) is 110 Å². The Morgan fingerprint density at radius 1 is 0.882 bits per heavy atom. The third kappa shape index (κ3) is 5.68. The number of allylic oxidation sites excluding steroid dienone is 2. The zero-order chi connectivity index (χ0) is 24.0. The molecular formula is C32H46F2. The molecule has 2 heteroatoms. The average molecular weight is 469 g/mol. The van der Waals surface area contributed by atoms with Gasteiger partial charge in [0.05, 0.1) is 0 Å². The third-order valence-corrected chi connectivity index (χ3v) is 9.57. The van der Waals surface area contributed by atoms with E-state index in [0.717, 1.165) is 42.2 Å². The van der Waals surface area contributed by atoms with E-state index >= 15 is 8.78 Å². The molecule has 0 saturated heterocycles. The van der Waals surface area contributed by atoms with Crippen LogP contribution in [0.4, 0.5) is 8.78 Å². The molecule has 0 spiro atoms. The zero-order valence-corrected chi connectivity index (χ0v) is 21.6. The van der Waals surface area contributed by atoms with E-state index in [0.29, 0.717) is 11.6 Å². The second kappa shape index (κ2) is 12.0. The van der Waals surface area contributed by atoms with Crippen LogP contribution >= 0.6 is 0 Å². The topological polar surface area (TPSA) is 0 Å². The average Bonchev–Trinajstić information content (AvgIpc) is 2.87. The molecule has 0 amide bonds. The summed E-state index contributed by atoms with van der Waals surface area (Å²) in [4.78, 5) is 0. The van der Waals surface area contributed by atoms with Crippen LogP contribution in [0.2, 0.25) is 0 Å². The van der Waals surface area contributed by atoms with Crippen molar-refractivity contribution in [3.63, 3.8) is 0 Å². The van der Waals surface area contributed by atoms with Crippen molar-refractivity contribution in [3.05, 3.63) is 46.9 Å². The Balaban J connectivity index is 1.39. The zero-order valence-electron chi connectivity index (χ0n) is 21.6. The first kappa shape index (κ1) is 25.6. The lowest BCUT2D eigenvalue weighted by Crippen LogP contribution is -2.48. The highest BCUT2D eigenvalue weighted by atomic mass is 19.2. The van der Waals surface area contributed by atoms with E-state index < -0.39 is 17.4 Å². The van der Waals surface area contributed by atoms with E-state index in [1.807, 2.05) is 31.2 Å². The van der Waals surface area contributed by atoms with Crippen LogP contribution in [0, 0.1) is 29.1 Å². The number of fused-ring (bicyclic) bond motifs is 1. The summed E-state index contributed by atoms with van der Waals surface area (Å²) in [5.41, 5.74) is -0.708. The molecule has 0 nitrogen and oxygen atoms in total. The molecule has 2 saturated carbocycles. The molecule has 0 heterocycles. The van der Waals surface area contributed by atoms with E-state index in [1.54, 1.807) is 6.07 Å². The number of hydrogen-bond donors (Lipinski definition) is 0. The van der Waals surface area contributed by atoms with Gasteiger partial charge in [0.2, 0.25) is 0 Å². The Bertz CT molecular complexity index is 915. The SMILES string of the molecule is C/C=C/CCC1(C2CCC(CCC3CCC(CCC)CC3)CC2)C=c2ccccc2=C(F)C1F. The van der Waals surface area contributed by atoms with E-state index in [9.17, 15) is 0 Å². The molecule has 0 N–H and O–H groups in total. The van der Waals surface area contributed by atoms with Crippen molar-refractivity contribution in [2.75, 3.05) is 0 Å². The molecule has 3 aliphatic carbocycles. The largest absolute Gasteiger partial charge is 0.239 e. The van der Waals surface area contributed by atoms with Crippen LogP contribution < -0.4 is 10.4 Å². The molecule has 0 bridgehead atoms. The highest BCUT2D eigenvalue weighted by molar-refractivity contribution is 5.55. The van der Waals surface area contributed by atoms with Gasteiger partial charge < -0.3 is 0 Å². The van der Waals surface area contributed by atoms with Gasteiger partial charge in [-0.1, -0.05) is 114 Å². The van der Waals surface area contributed by atoms with Crippen LogP contribution in [0.1, 0.15) is 104 Å². The fourth-order valence-electron chi connectivity index (χ4n) is 7.48. The molecule has 2 unspecified atom stereocenters. The van der Waals surface area contributed by atoms with Gasteiger partial charge in [-0.15, -0.1) is 0 Å². The number of benzene rings is 1. The second-order valence-electron chi connectivity index (χ2n) is 11.6. The van der Waals surface area contributed by atoms with Gasteiger partial charge in [0.1, 0.15) is 5.83 Å². The molecule has 188 valence electrons. The summed E-state index contributed by atoms with van der Waals surface area (Å²) in [7, 11) is 0. The molecule has 2 atom stereocenters. The maximum atomic E-state index is 15.9. The lowest BCUT2D eigenvalue weighted by atomic mass is 9.60. The van der Waals surface area contributed by atoms with E-state index in [-0.39, 0.29) is 5.92 Å². The summed E-state index contributed by atoms with van der Waals surface area (Å²) in [6.45, 7) is 4.32. The predicted octanol–water partition coefficient (Wildman–Crippen LogP) is 8.43. The van der Waals surface area contributed by atoms with Crippen LogP contribution in [0.3, 0.4) is 0 Å². The molecule has 2 fully saturated rings. The first-order chi connectivity index (χ1) is 16.6. The Labute approximate surface area is 206 Å². The van der Waals surface area contributed by atoms with Crippen LogP contribution in [0.25, 0.3) is 11.9 Å². The van der Waals surface area contributed by atoms with Crippen molar-refractivity contribution >= 4 is 11.9 Å². The van der Waals surface area contributed by atoms with Crippen molar-refractivity contribution in [3.8, 4) is 0 Å². The molecule has 1 aromatic rings. The first-order valence-corrected chi connectivity index (χ1v) is 14.3. The Morgan fingerprint density at radius 2 is 1.47 bits per heavy atom. The summed E-state index contributed by atoms with van der Waals surface area (Å²) in [5.74, 6) is 2.38. The van der Waals surface area contributed by atoms with Gasteiger partial charge in [-0.3, -0.25) is 0 Å². The molecule has 0 aromatic heterocycles. The van der Waals surface area contributed by atoms with Crippen LogP contribution in [0.5, 0.6) is 0 Å². The van der Waals surface area contributed by atoms with Gasteiger partial charge in [0, 0.05) is 10.6 Å². The minimum absolute atomic E-state index is 0.229. The smallest absolute Gasteiger partial charge is 0.161 e. The number of alkyl halides is 1. The van der Waals surface area contributed by atoms with Crippen molar-refractivity contribution in [2.24, 2.45) is 29.1 Å². The lowest BCUT2D eigenvalue weighted by molar-refractivity contribution is 0.0754. The van der Waals surface area contributed by atoms with E-state index in [1.165, 1.54) is 64.2 Å². The van der Waals surface area contributed by atoms with Gasteiger partial charge in [0.15, 0.2) is 6.17 Å². The minimum atomic E-state index is -1.52. The van der Waals surface area contributed by atoms with Gasteiger partial charge >= 0.3 is 0 Å². The van der Waals surface area contributed by atoms with Gasteiger partial charge in [-0.25, -0.2) is 8.78 Å². The van der Waals surface area contributed by atoms with Crippen LogP contribution in [0.15, 0.2) is 36.4 Å². The highest BCUT2D eigenvalue weighted by Gasteiger charge is 2.48. The minimum Gasteiger partial charge on any atom is -0.239 e. The summed E-state index contributed by atoms with van der Waals surface area (Å²) in [6.07, 6.45) is 21.9. The summed E-state index contributed by atoms with van der Waals surface area (Å²) in [5, 5.41) is 1.34. The second-order valence-corrected chi connectivity index (χ2v) is 11.6. The molecule has 3 aliphatic rings. The summed E-state index contributed by atoms with van der Waals surface area (Å²) in [6, 6.07) is 7.46. The van der Waals surface area contributed by atoms with E-state index in [2.05, 4.69) is 19.1 Å². The molecule has 1 aromatic carbocycles. The fraction of sp³-hybridized carbons (Fsp3) is 0.688. The van der Waals surface area contributed by atoms with Gasteiger partial charge in [-0.2, -0.15) is 0 Å². The Morgan fingerprint density at radius 3 is 2.09 bits per heavy atom. The normalized spacial score (nSPS) is 34.1. The summed E-state index contributed by atoms with van der Waals surface area (Å²) < 4.78 is 31.2. The van der Waals surface area contributed by atoms with Crippen LogP contribution in [-0.2, 0) is 0 Å². The standard InChI is InChI=1S/C32H46F2/c1-3-5-8-22-32(23-27-10-6-7-11-29(27)30(33)31(32)34)28-20-18-26(19-21-28)17-16-25-14-12-24(9-4-2)13-15-25/h3,5-7,10-11,23-26,28,31H,4,8-9,12-22H2,1-2H3/b5-3+. The maximum Gasteiger partial charge on any atom is 0.161 e. The molecular weight excluding hydrogens is 422 g/mol. The summed E-state index contributed by atoms with van der Waals surface area (Å²) >= 11 is 0. The quantitative estimate of drug-likeness (QED) is 0.319. The maximum absolute atomic E-state index is 15.9. The third-order valence-electron chi connectivity index (χ3n) is 9.57. The number of halogens is 2. The highest BCUT2D eigenvalue weighted by Crippen LogP contribution is 2.51. The predicted molar refractivity (Wildman–Crippen MR) is 141 cm³/mol. The first-order valence-electron chi connectivity index (χ1n) is 14.3. The lowest BCUT2D eigenvalue weighted by Gasteiger charge is -2.45. The number of hydrogen-bond acceptors (Lipinski definition) is 0. The van der Waals surface area contributed by atoms with E-state index in [4.69, 9.17) is 0 Å². The van der Waals surface area contributed by atoms with Crippen molar-refractivity contribution in [1.29, 1.82) is 0 Å². The molecule has 4 rings (SSSR count). The molecule has 34 heavy (non-hydrogen) atoms. The van der Waals surface area contributed by atoms with Gasteiger partial charge in [0.25, 0.3) is 0 Å². The number of rotatable bonds is 9. The Kier molecular flexibility index (Phi) is 9.05. The molecule has 0 radical (unpaired) electrons.